The van der Waals surface area contributed by atoms with E-state index in [0.29, 0.717) is 10.8 Å². The highest BCUT2D eigenvalue weighted by atomic mass is 35.5. The first kappa shape index (κ1) is 11.8. The average molecular weight is 252 g/mol. The van der Waals surface area contributed by atoms with Gasteiger partial charge in [0.05, 0.1) is 13.3 Å². The van der Waals surface area contributed by atoms with Crippen LogP contribution in [0.3, 0.4) is 0 Å². The van der Waals surface area contributed by atoms with Crippen molar-refractivity contribution < 1.29 is 4.74 Å². The van der Waals surface area contributed by atoms with Crippen molar-refractivity contribution in [1.82, 2.24) is 10.2 Å². The number of anilines is 1. The molecule has 4 nitrogen and oxygen atoms in total. The topological polar surface area (TPSA) is 63.9 Å². The van der Waals surface area contributed by atoms with Crippen molar-refractivity contribution in [3.8, 4) is 16.9 Å². The fraction of sp³-hybridized carbons (Fsp3) is 0.250. The van der Waals surface area contributed by atoms with Crippen molar-refractivity contribution in [3.63, 3.8) is 0 Å². The Labute approximate surface area is 105 Å². The van der Waals surface area contributed by atoms with Crippen molar-refractivity contribution >= 4 is 17.4 Å². The number of halogens is 1. The summed E-state index contributed by atoms with van der Waals surface area (Å²) in [5.74, 6) is 1.26. The molecule has 0 amide bonds. The second-order valence-corrected chi connectivity index (χ2v) is 4.31. The molecule has 0 radical (unpaired) electrons. The summed E-state index contributed by atoms with van der Waals surface area (Å²) in [5, 5.41) is 7.33. The Morgan fingerprint density at radius 3 is 2.65 bits per heavy atom. The lowest BCUT2D eigenvalue weighted by molar-refractivity contribution is 0.413. The zero-order chi connectivity index (χ0) is 12.6. The SMILES string of the molecule is COc1c(C)c(Cl)cc(C)c1-c1cn[nH]c1N. The first-order valence-corrected chi connectivity index (χ1v) is 5.57. The molecule has 0 saturated heterocycles. The predicted molar refractivity (Wildman–Crippen MR) is 69.5 cm³/mol. The van der Waals surface area contributed by atoms with E-state index < -0.39 is 0 Å². The van der Waals surface area contributed by atoms with Crippen LogP contribution in [-0.4, -0.2) is 17.3 Å². The summed E-state index contributed by atoms with van der Waals surface area (Å²) < 4.78 is 5.43. The van der Waals surface area contributed by atoms with Crippen LogP contribution in [0.25, 0.3) is 11.1 Å². The van der Waals surface area contributed by atoms with E-state index in [-0.39, 0.29) is 0 Å². The number of benzene rings is 1. The van der Waals surface area contributed by atoms with Crippen LogP contribution in [0.4, 0.5) is 5.82 Å². The maximum absolute atomic E-state index is 6.14. The molecule has 0 bridgehead atoms. The number of nitrogens with one attached hydrogen (secondary N) is 1. The molecule has 0 aliphatic heterocycles. The zero-order valence-electron chi connectivity index (χ0n) is 9.97. The quantitative estimate of drug-likeness (QED) is 0.863. The Hall–Kier alpha value is -1.68. The summed E-state index contributed by atoms with van der Waals surface area (Å²) in [7, 11) is 1.62. The number of hydrogen-bond acceptors (Lipinski definition) is 3. The van der Waals surface area contributed by atoms with E-state index >= 15 is 0 Å². The van der Waals surface area contributed by atoms with Crippen molar-refractivity contribution in [2.75, 3.05) is 12.8 Å². The third-order valence-corrected chi connectivity index (χ3v) is 3.20. The van der Waals surface area contributed by atoms with E-state index in [4.69, 9.17) is 22.1 Å². The third kappa shape index (κ3) is 1.85. The van der Waals surface area contributed by atoms with Gasteiger partial charge < -0.3 is 10.5 Å². The van der Waals surface area contributed by atoms with E-state index in [9.17, 15) is 0 Å². The number of nitrogen functional groups attached to an aromatic ring is 1. The monoisotopic (exact) mass is 251 g/mol. The van der Waals surface area contributed by atoms with Gasteiger partial charge in [-0.2, -0.15) is 5.10 Å². The molecule has 0 fully saturated rings. The van der Waals surface area contributed by atoms with Gasteiger partial charge in [-0.15, -0.1) is 0 Å². The van der Waals surface area contributed by atoms with Gasteiger partial charge in [-0.25, -0.2) is 0 Å². The van der Waals surface area contributed by atoms with Gasteiger partial charge in [-0.05, 0) is 25.5 Å². The highest BCUT2D eigenvalue weighted by Gasteiger charge is 2.17. The number of aromatic amines is 1. The average Bonchev–Trinajstić information content (AvgIpc) is 2.69. The smallest absolute Gasteiger partial charge is 0.131 e. The highest BCUT2D eigenvalue weighted by molar-refractivity contribution is 6.31. The van der Waals surface area contributed by atoms with Crippen LogP contribution < -0.4 is 10.5 Å². The highest BCUT2D eigenvalue weighted by Crippen LogP contribution is 2.40. The standard InChI is InChI=1S/C12H14ClN3O/c1-6-4-9(13)7(2)11(17-3)10(6)8-5-15-16-12(8)14/h4-5H,1-3H3,(H3,14,15,16). The summed E-state index contributed by atoms with van der Waals surface area (Å²) in [4.78, 5) is 0. The van der Waals surface area contributed by atoms with Crippen LogP contribution in [0.1, 0.15) is 11.1 Å². The molecule has 1 aromatic carbocycles. The molecule has 2 aromatic rings. The van der Waals surface area contributed by atoms with Crippen LogP contribution in [0.5, 0.6) is 5.75 Å². The minimum absolute atomic E-state index is 0.521. The minimum Gasteiger partial charge on any atom is -0.496 e. The predicted octanol–water partition coefficient (Wildman–Crippen LogP) is 2.94. The van der Waals surface area contributed by atoms with Crippen LogP contribution >= 0.6 is 11.6 Å². The van der Waals surface area contributed by atoms with E-state index in [0.717, 1.165) is 28.0 Å². The second kappa shape index (κ2) is 4.30. The maximum atomic E-state index is 6.14. The number of nitrogens with zero attached hydrogens (tertiary/aromatic N) is 1. The molecule has 5 heteroatoms. The lowest BCUT2D eigenvalue weighted by atomic mass is 9.98. The molecule has 17 heavy (non-hydrogen) atoms. The zero-order valence-corrected chi connectivity index (χ0v) is 10.7. The van der Waals surface area contributed by atoms with E-state index in [1.807, 2.05) is 19.9 Å². The molecule has 0 atom stereocenters. The first-order valence-electron chi connectivity index (χ1n) is 5.19. The Bertz CT molecular complexity index is 563. The fourth-order valence-corrected chi connectivity index (χ4v) is 2.18. The van der Waals surface area contributed by atoms with Gasteiger partial charge in [0.25, 0.3) is 0 Å². The van der Waals surface area contributed by atoms with Crippen LogP contribution in [0.2, 0.25) is 5.02 Å². The second-order valence-electron chi connectivity index (χ2n) is 3.91. The lowest BCUT2D eigenvalue weighted by Gasteiger charge is -2.15. The van der Waals surface area contributed by atoms with Gasteiger partial charge in [-0.3, -0.25) is 5.10 Å². The molecular weight excluding hydrogens is 238 g/mol. The summed E-state index contributed by atoms with van der Waals surface area (Å²) in [6.45, 7) is 3.88. The number of H-pyrrole nitrogens is 1. The molecule has 0 saturated carbocycles. The van der Waals surface area contributed by atoms with Crippen molar-refractivity contribution in [1.29, 1.82) is 0 Å². The molecular formula is C12H14ClN3O. The molecule has 0 aliphatic carbocycles. The summed E-state index contributed by atoms with van der Waals surface area (Å²) in [6.07, 6.45) is 1.69. The van der Waals surface area contributed by atoms with Gasteiger partial charge in [0.1, 0.15) is 11.6 Å². The number of rotatable bonds is 2. The largest absolute Gasteiger partial charge is 0.496 e. The Morgan fingerprint density at radius 2 is 2.12 bits per heavy atom. The lowest BCUT2D eigenvalue weighted by Crippen LogP contribution is -1.97. The fourth-order valence-electron chi connectivity index (χ4n) is 1.93. The van der Waals surface area contributed by atoms with Crippen LogP contribution in [-0.2, 0) is 0 Å². The number of ether oxygens (including phenoxy) is 1. The molecule has 1 aromatic heterocycles. The van der Waals surface area contributed by atoms with Crippen molar-refractivity contribution in [3.05, 3.63) is 28.4 Å². The third-order valence-electron chi connectivity index (χ3n) is 2.81. The maximum Gasteiger partial charge on any atom is 0.131 e. The molecule has 0 spiro atoms. The first-order chi connectivity index (χ1) is 8.06. The van der Waals surface area contributed by atoms with Gasteiger partial charge in [0, 0.05) is 21.7 Å². The van der Waals surface area contributed by atoms with E-state index in [1.54, 1.807) is 13.3 Å². The molecule has 90 valence electrons. The Kier molecular flexibility index (Phi) is 2.98. The summed E-state index contributed by atoms with van der Waals surface area (Å²) in [6, 6.07) is 1.90. The number of methoxy groups -OCH3 is 1. The van der Waals surface area contributed by atoms with E-state index in [2.05, 4.69) is 10.2 Å². The number of aryl methyl sites for hydroxylation is 1. The molecule has 1 heterocycles. The Balaban J connectivity index is 2.77. The minimum atomic E-state index is 0.521. The van der Waals surface area contributed by atoms with Gasteiger partial charge in [0.15, 0.2) is 0 Å². The Morgan fingerprint density at radius 1 is 1.41 bits per heavy atom. The van der Waals surface area contributed by atoms with Crippen LogP contribution in [0.15, 0.2) is 12.3 Å². The summed E-state index contributed by atoms with van der Waals surface area (Å²) in [5.41, 5.74) is 9.51. The van der Waals surface area contributed by atoms with Crippen LogP contribution in [0, 0.1) is 13.8 Å². The molecule has 0 unspecified atom stereocenters. The van der Waals surface area contributed by atoms with Gasteiger partial charge in [-0.1, -0.05) is 11.6 Å². The normalized spacial score (nSPS) is 10.6. The number of nitrogens with two attached hydrogens (primary N) is 1. The number of hydrogen-bond donors (Lipinski definition) is 2. The van der Waals surface area contributed by atoms with Crippen molar-refractivity contribution in [2.45, 2.75) is 13.8 Å². The van der Waals surface area contributed by atoms with E-state index in [1.165, 1.54) is 0 Å². The molecule has 3 N–H and O–H groups in total. The molecule has 0 aliphatic rings. The van der Waals surface area contributed by atoms with Gasteiger partial charge in [0.2, 0.25) is 0 Å². The van der Waals surface area contributed by atoms with Gasteiger partial charge >= 0.3 is 0 Å². The molecule has 2 rings (SSSR count). The number of aromatic nitrogens is 2. The summed E-state index contributed by atoms with van der Waals surface area (Å²) >= 11 is 6.14. The van der Waals surface area contributed by atoms with Crippen molar-refractivity contribution in [2.24, 2.45) is 0 Å².